The van der Waals surface area contributed by atoms with Gasteiger partial charge in [-0.2, -0.15) is 11.8 Å². The van der Waals surface area contributed by atoms with Crippen LogP contribution in [-0.4, -0.2) is 47.0 Å². The Hall–Kier alpha value is -1.24. The molecule has 0 saturated carbocycles. The second-order valence-corrected chi connectivity index (χ2v) is 7.01. The largest absolute Gasteiger partial charge is 0.481 e. The number of hydrogen-bond donors (Lipinski definition) is 3. The van der Waals surface area contributed by atoms with E-state index in [0.29, 0.717) is 12.2 Å². The van der Waals surface area contributed by atoms with E-state index in [0.717, 1.165) is 5.75 Å². The molecule has 0 fully saturated rings. The maximum atomic E-state index is 12.0. The van der Waals surface area contributed by atoms with Gasteiger partial charge >= 0.3 is 5.97 Å². The lowest BCUT2D eigenvalue weighted by Crippen LogP contribution is -2.48. The fourth-order valence-corrected chi connectivity index (χ4v) is 2.58. The molecule has 0 aromatic carbocycles. The van der Waals surface area contributed by atoms with Crippen molar-refractivity contribution in [2.24, 2.45) is 5.41 Å². The Morgan fingerprint density at radius 1 is 1.24 bits per heavy atom. The molecule has 3 N–H and O–H groups in total. The standard InChI is InChI=1S/C14H26N2O4S/c1-5-11(17)16-10(8-21-9-14(2,3)4)13(20)15-7-6-12(18)19/h10H,5-9H2,1-4H3,(H,15,20)(H,16,17)(H,18,19)/t10-/m0/s1. The Balaban J connectivity index is 4.39. The molecule has 0 aliphatic rings. The summed E-state index contributed by atoms with van der Waals surface area (Å²) in [7, 11) is 0. The van der Waals surface area contributed by atoms with Gasteiger partial charge in [0.1, 0.15) is 6.04 Å². The van der Waals surface area contributed by atoms with Gasteiger partial charge in [0.05, 0.1) is 6.42 Å². The number of carbonyl (C=O) groups is 3. The fourth-order valence-electron chi connectivity index (χ4n) is 1.38. The van der Waals surface area contributed by atoms with E-state index in [1.54, 1.807) is 18.7 Å². The van der Waals surface area contributed by atoms with Gasteiger partial charge in [-0.3, -0.25) is 14.4 Å². The maximum Gasteiger partial charge on any atom is 0.305 e. The molecule has 0 heterocycles. The highest BCUT2D eigenvalue weighted by atomic mass is 32.2. The van der Waals surface area contributed by atoms with Crippen LogP contribution < -0.4 is 10.6 Å². The van der Waals surface area contributed by atoms with Crippen LogP contribution in [0.25, 0.3) is 0 Å². The lowest BCUT2D eigenvalue weighted by atomic mass is 10.0. The van der Waals surface area contributed by atoms with Crippen LogP contribution in [0.2, 0.25) is 0 Å². The van der Waals surface area contributed by atoms with E-state index in [9.17, 15) is 14.4 Å². The molecule has 6 nitrogen and oxygen atoms in total. The first-order chi connectivity index (χ1) is 9.65. The number of carbonyl (C=O) groups excluding carboxylic acids is 2. The second kappa shape index (κ2) is 9.65. The van der Waals surface area contributed by atoms with E-state index >= 15 is 0 Å². The van der Waals surface area contributed by atoms with Crippen molar-refractivity contribution in [2.75, 3.05) is 18.1 Å². The predicted molar refractivity (Wildman–Crippen MR) is 84.3 cm³/mol. The molecular weight excluding hydrogens is 292 g/mol. The number of carboxylic acids is 1. The van der Waals surface area contributed by atoms with Gasteiger partial charge in [0.2, 0.25) is 11.8 Å². The summed E-state index contributed by atoms with van der Waals surface area (Å²) in [6.07, 6.45) is 0.179. The molecule has 0 radical (unpaired) electrons. The van der Waals surface area contributed by atoms with Crippen LogP contribution in [0.5, 0.6) is 0 Å². The summed E-state index contributed by atoms with van der Waals surface area (Å²) in [4.78, 5) is 33.9. The smallest absolute Gasteiger partial charge is 0.305 e. The molecule has 2 amide bonds. The first-order valence-electron chi connectivity index (χ1n) is 7.02. The third-order valence-electron chi connectivity index (χ3n) is 2.43. The Morgan fingerprint density at radius 3 is 2.33 bits per heavy atom. The molecule has 7 heteroatoms. The number of amides is 2. The van der Waals surface area contributed by atoms with Gasteiger partial charge in [-0.15, -0.1) is 0 Å². The van der Waals surface area contributed by atoms with Gasteiger partial charge in [-0.05, 0) is 11.2 Å². The molecule has 0 unspecified atom stereocenters. The van der Waals surface area contributed by atoms with Crippen molar-refractivity contribution >= 4 is 29.5 Å². The first kappa shape index (κ1) is 19.8. The van der Waals surface area contributed by atoms with E-state index < -0.39 is 12.0 Å². The van der Waals surface area contributed by atoms with Crippen LogP contribution in [-0.2, 0) is 14.4 Å². The SMILES string of the molecule is CCC(=O)N[C@@H](CSCC(C)(C)C)C(=O)NCCC(=O)O. The molecule has 0 aromatic rings. The molecule has 21 heavy (non-hydrogen) atoms. The van der Waals surface area contributed by atoms with Gasteiger partial charge < -0.3 is 15.7 Å². The molecule has 0 rings (SSSR count). The zero-order valence-corrected chi connectivity index (χ0v) is 14.0. The molecule has 0 aromatic heterocycles. The third kappa shape index (κ3) is 11.1. The minimum Gasteiger partial charge on any atom is -0.481 e. The molecule has 0 spiro atoms. The van der Waals surface area contributed by atoms with E-state index in [4.69, 9.17) is 5.11 Å². The molecule has 0 bridgehead atoms. The predicted octanol–water partition coefficient (Wildman–Crippen LogP) is 1.25. The van der Waals surface area contributed by atoms with Gasteiger partial charge in [0.25, 0.3) is 0 Å². The van der Waals surface area contributed by atoms with Gasteiger partial charge in [0, 0.05) is 18.7 Å². The number of hydrogen-bond acceptors (Lipinski definition) is 4. The van der Waals surface area contributed by atoms with Crippen molar-refractivity contribution < 1.29 is 19.5 Å². The second-order valence-electron chi connectivity index (χ2n) is 5.98. The minimum atomic E-state index is -0.966. The summed E-state index contributed by atoms with van der Waals surface area (Å²) in [5, 5.41) is 13.8. The third-order valence-corrected chi connectivity index (χ3v) is 4.07. The van der Waals surface area contributed by atoms with Crippen molar-refractivity contribution in [1.29, 1.82) is 0 Å². The van der Waals surface area contributed by atoms with Gasteiger partial charge in [0.15, 0.2) is 0 Å². The summed E-state index contributed by atoms with van der Waals surface area (Å²) < 4.78 is 0. The Kier molecular flexibility index (Phi) is 9.08. The zero-order chi connectivity index (χ0) is 16.5. The average Bonchev–Trinajstić information content (AvgIpc) is 2.35. The Bertz CT molecular complexity index is 366. The molecular formula is C14H26N2O4S. The summed E-state index contributed by atoms with van der Waals surface area (Å²) >= 11 is 1.60. The lowest BCUT2D eigenvalue weighted by molar-refractivity contribution is -0.137. The van der Waals surface area contributed by atoms with Crippen LogP contribution in [0, 0.1) is 5.41 Å². The fraction of sp³-hybridized carbons (Fsp3) is 0.786. The first-order valence-corrected chi connectivity index (χ1v) is 8.17. The summed E-state index contributed by atoms with van der Waals surface area (Å²) in [5.74, 6) is -0.147. The molecule has 0 saturated heterocycles. The highest BCUT2D eigenvalue weighted by Gasteiger charge is 2.21. The number of carboxylic acid groups (broad SMARTS) is 1. The van der Waals surface area contributed by atoms with Crippen molar-refractivity contribution in [3.63, 3.8) is 0 Å². The molecule has 1 atom stereocenters. The Morgan fingerprint density at radius 2 is 1.86 bits per heavy atom. The summed E-state index contributed by atoms with van der Waals surface area (Å²) in [6.45, 7) is 8.10. The number of rotatable bonds is 9. The van der Waals surface area contributed by atoms with Gasteiger partial charge in [-0.1, -0.05) is 27.7 Å². The highest BCUT2D eigenvalue weighted by Crippen LogP contribution is 2.20. The number of nitrogens with one attached hydrogen (secondary N) is 2. The van der Waals surface area contributed by atoms with E-state index in [1.165, 1.54) is 0 Å². The quantitative estimate of drug-likeness (QED) is 0.595. The van der Waals surface area contributed by atoms with E-state index in [-0.39, 0.29) is 30.2 Å². The summed E-state index contributed by atoms with van der Waals surface area (Å²) in [5.41, 5.74) is 0.143. The van der Waals surface area contributed by atoms with Crippen LogP contribution in [0.4, 0.5) is 0 Å². The van der Waals surface area contributed by atoms with Crippen LogP contribution >= 0.6 is 11.8 Å². The normalized spacial score (nSPS) is 12.6. The van der Waals surface area contributed by atoms with E-state index in [2.05, 4.69) is 31.4 Å². The van der Waals surface area contributed by atoms with Crippen molar-refractivity contribution in [1.82, 2.24) is 10.6 Å². The van der Waals surface area contributed by atoms with Crippen molar-refractivity contribution in [3.8, 4) is 0 Å². The minimum absolute atomic E-state index is 0.0661. The van der Waals surface area contributed by atoms with E-state index in [1.807, 2.05) is 0 Å². The molecule has 122 valence electrons. The highest BCUT2D eigenvalue weighted by molar-refractivity contribution is 7.99. The van der Waals surface area contributed by atoms with Crippen LogP contribution in [0.15, 0.2) is 0 Å². The maximum absolute atomic E-state index is 12.0. The van der Waals surface area contributed by atoms with Gasteiger partial charge in [-0.25, -0.2) is 0 Å². The average molecular weight is 318 g/mol. The lowest BCUT2D eigenvalue weighted by Gasteiger charge is -2.21. The summed E-state index contributed by atoms with van der Waals surface area (Å²) in [6, 6.07) is -0.626. The number of thioether (sulfide) groups is 1. The van der Waals surface area contributed by atoms with Crippen molar-refractivity contribution in [2.45, 2.75) is 46.6 Å². The monoisotopic (exact) mass is 318 g/mol. The number of aliphatic carboxylic acids is 1. The molecule has 0 aliphatic heterocycles. The zero-order valence-electron chi connectivity index (χ0n) is 13.2. The van der Waals surface area contributed by atoms with Crippen LogP contribution in [0.3, 0.4) is 0 Å². The van der Waals surface area contributed by atoms with Crippen molar-refractivity contribution in [3.05, 3.63) is 0 Å². The Labute approximate surface area is 130 Å². The topological polar surface area (TPSA) is 95.5 Å². The van der Waals surface area contributed by atoms with Crippen LogP contribution in [0.1, 0.15) is 40.5 Å². The molecule has 0 aliphatic carbocycles.